The lowest BCUT2D eigenvalue weighted by Gasteiger charge is -2.13. The fraction of sp³-hybridized carbons (Fsp3) is 0.636. The minimum absolute atomic E-state index is 0.258. The van der Waals surface area contributed by atoms with Crippen LogP contribution in [0.3, 0.4) is 0 Å². The van der Waals surface area contributed by atoms with Crippen molar-refractivity contribution in [2.24, 2.45) is 5.92 Å². The summed E-state index contributed by atoms with van der Waals surface area (Å²) in [5.41, 5.74) is 2.85. The maximum Gasteiger partial charge on any atom is 0.124 e. The fourth-order valence-electron chi connectivity index (χ4n) is 1.55. The number of aryl methyl sites for hydroxylation is 2. The number of hydrogen-bond donors (Lipinski definition) is 2. The van der Waals surface area contributed by atoms with Crippen molar-refractivity contribution >= 4 is 0 Å². The predicted octanol–water partition coefficient (Wildman–Crippen LogP) is 1.84. The third kappa shape index (κ3) is 2.80. The van der Waals surface area contributed by atoms with Gasteiger partial charge in [0.1, 0.15) is 6.04 Å². The number of nitrogens with one attached hydrogen (secondary N) is 2. The fourth-order valence-corrected chi connectivity index (χ4v) is 1.55. The third-order valence-corrected chi connectivity index (χ3v) is 2.33. The summed E-state index contributed by atoms with van der Waals surface area (Å²) in [6.45, 7) is 8.94. The van der Waals surface area contributed by atoms with Crippen molar-refractivity contribution in [1.29, 1.82) is 5.26 Å². The summed E-state index contributed by atoms with van der Waals surface area (Å²) in [5, 5.41) is 19.3. The van der Waals surface area contributed by atoms with Gasteiger partial charge in [-0.3, -0.25) is 10.4 Å². The van der Waals surface area contributed by atoms with Gasteiger partial charge in [0.15, 0.2) is 0 Å². The molecule has 4 heteroatoms. The van der Waals surface area contributed by atoms with Crippen LogP contribution in [0.5, 0.6) is 0 Å². The van der Waals surface area contributed by atoms with Crippen LogP contribution in [0, 0.1) is 31.1 Å². The van der Waals surface area contributed by atoms with Crippen molar-refractivity contribution in [1.82, 2.24) is 15.5 Å². The van der Waals surface area contributed by atoms with Crippen molar-refractivity contribution in [3.63, 3.8) is 0 Å². The molecule has 1 heterocycles. The maximum absolute atomic E-state index is 9.11. The molecule has 0 fully saturated rings. The van der Waals surface area contributed by atoms with Gasteiger partial charge in [0.25, 0.3) is 0 Å². The average molecular weight is 206 g/mol. The molecule has 4 nitrogen and oxygen atoms in total. The van der Waals surface area contributed by atoms with Gasteiger partial charge < -0.3 is 0 Å². The monoisotopic (exact) mass is 206 g/mol. The van der Waals surface area contributed by atoms with E-state index in [2.05, 4.69) is 35.4 Å². The maximum atomic E-state index is 9.11. The first-order chi connectivity index (χ1) is 7.06. The Morgan fingerprint density at radius 3 is 2.53 bits per heavy atom. The van der Waals surface area contributed by atoms with Crippen molar-refractivity contribution in [3.05, 3.63) is 17.0 Å². The zero-order valence-corrected chi connectivity index (χ0v) is 9.76. The van der Waals surface area contributed by atoms with Crippen LogP contribution in [-0.2, 0) is 0 Å². The third-order valence-electron chi connectivity index (χ3n) is 2.33. The van der Waals surface area contributed by atoms with Gasteiger partial charge >= 0.3 is 0 Å². The molecule has 82 valence electrons. The van der Waals surface area contributed by atoms with E-state index in [1.807, 2.05) is 13.8 Å². The highest BCUT2D eigenvalue weighted by Crippen LogP contribution is 2.18. The van der Waals surface area contributed by atoms with Crippen LogP contribution in [0.25, 0.3) is 0 Å². The van der Waals surface area contributed by atoms with Crippen molar-refractivity contribution in [2.45, 2.75) is 33.7 Å². The van der Waals surface area contributed by atoms with E-state index in [0.717, 1.165) is 23.5 Å². The smallest absolute Gasteiger partial charge is 0.124 e. The lowest BCUT2D eigenvalue weighted by molar-refractivity contribution is 0.523. The van der Waals surface area contributed by atoms with E-state index in [0.29, 0.717) is 5.92 Å². The lowest BCUT2D eigenvalue weighted by atomic mass is 10.1. The molecule has 2 N–H and O–H groups in total. The molecule has 15 heavy (non-hydrogen) atoms. The normalized spacial score (nSPS) is 12.8. The quantitative estimate of drug-likeness (QED) is 0.790. The predicted molar refractivity (Wildman–Crippen MR) is 59.3 cm³/mol. The Bertz CT molecular complexity index is 340. The molecular formula is C11H18N4. The molecule has 1 rings (SSSR count). The van der Waals surface area contributed by atoms with E-state index in [1.165, 1.54) is 0 Å². The SMILES string of the molecule is Cc1n[nH]c(C)c1C(C#N)NCC(C)C. The van der Waals surface area contributed by atoms with E-state index in [4.69, 9.17) is 5.26 Å². The molecule has 0 saturated carbocycles. The van der Waals surface area contributed by atoms with Gasteiger partial charge in [-0.15, -0.1) is 0 Å². The van der Waals surface area contributed by atoms with Crippen LogP contribution in [0.2, 0.25) is 0 Å². The zero-order valence-electron chi connectivity index (χ0n) is 9.76. The van der Waals surface area contributed by atoms with Crippen molar-refractivity contribution in [3.8, 4) is 6.07 Å². The number of nitrogens with zero attached hydrogens (tertiary/aromatic N) is 2. The van der Waals surface area contributed by atoms with E-state index in [9.17, 15) is 0 Å². The topological polar surface area (TPSA) is 64.5 Å². The number of nitriles is 1. The van der Waals surface area contributed by atoms with Crippen LogP contribution in [0.1, 0.15) is 36.8 Å². The first-order valence-electron chi connectivity index (χ1n) is 5.20. The van der Waals surface area contributed by atoms with Gasteiger partial charge in [0.2, 0.25) is 0 Å². The van der Waals surface area contributed by atoms with Gasteiger partial charge in [-0.2, -0.15) is 10.4 Å². The molecule has 1 aromatic rings. The first-order valence-corrected chi connectivity index (χ1v) is 5.20. The largest absolute Gasteiger partial charge is 0.298 e. The van der Waals surface area contributed by atoms with Gasteiger partial charge in [-0.05, 0) is 26.3 Å². The summed E-state index contributed by atoms with van der Waals surface area (Å²) in [4.78, 5) is 0. The minimum atomic E-state index is -0.258. The first kappa shape index (κ1) is 11.7. The van der Waals surface area contributed by atoms with Gasteiger partial charge in [-0.1, -0.05) is 13.8 Å². The van der Waals surface area contributed by atoms with Crippen molar-refractivity contribution < 1.29 is 0 Å². The standard InChI is InChI=1S/C11H18N4/c1-7(2)6-13-10(5-12)11-8(3)14-15-9(11)4/h7,10,13H,6H2,1-4H3,(H,14,15). The van der Waals surface area contributed by atoms with E-state index in [1.54, 1.807) is 0 Å². The Labute approximate surface area is 90.7 Å². The second-order valence-corrected chi connectivity index (χ2v) is 4.21. The molecule has 0 aromatic carbocycles. The summed E-state index contributed by atoms with van der Waals surface area (Å²) in [6, 6.07) is 2.01. The summed E-state index contributed by atoms with van der Waals surface area (Å²) >= 11 is 0. The molecule has 1 unspecified atom stereocenters. The Morgan fingerprint density at radius 2 is 2.13 bits per heavy atom. The number of H-pyrrole nitrogens is 1. The lowest BCUT2D eigenvalue weighted by Crippen LogP contribution is -2.25. The summed E-state index contributed by atoms with van der Waals surface area (Å²) < 4.78 is 0. The molecule has 0 amide bonds. The highest BCUT2D eigenvalue weighted by molar-refractivity contribution is 5.31. The molecule has 0 aliphatic rings. The minimum Gasteiger partial charge on any atom is -0.298 e. The summed E-state index contributed by atoms with van der Waals surface area (Å²) in [7, 11) is 0. The molecule has 1 aromatic heterocycles. The zero-order chi connectivity index (χ0) is 11.4. The van der Waals surface area contributed by atoms with Crippen molar-refractivity contribution in [2.75, 3.05) is 6.54 Å². The van der Waals surface area contributed by atoms with Gasteiger partial charge in [-0.25, -0.2) is 0 Å². The van der Waals surface area contributed by atoms with E-state index in [-0.39, 0.29) is 6.04 Å². The Balaban J connectivity index is 2.80. The number of aromatic nitrogens is 2. The van der Waals surface area contributed by atoms with Crippen LogP contribution in [0.15, 0.2) is 0 Å². The molecule has 0 aliphatic heterocycles. The van der Waals surface area contributed by atoms with Crippen LogP contribution < -0.4 is 5.32 Å². The Kier molecular flexibility index (Phi) is 3.87. The molecule has 0 aliphatic carbocycles. The highest BCUT2D eigenvalue weighted by Gasteiger charge is 2.17. The molecule has 0 radical (unpaired) electrons. The number of hydrogen-bond acceptors (Lipinski definition) is 3. The highest BCUT2D eigenvalue weighted by atomic mass is 15.1. The second-order valence-electron chi connectivity index (χ2n) is 4.21. The van der Waals surface area contributed by atoms with Crippen LogP contribution in [-0.4, -0.2) is 16.7 Å². The second kappa shape index (κ2) is 4.94. The molecule has 0 saturated heterocycles. The van der Waals surface area contributed by atoms with E-state index < -0.39 is 0 Å². The van der Waals surface area contributed by atoms with Gasteiger partial charge in [0.05, 0.1) is 11.8 Å². The average Bonchev–Trinajstić information content (AvgIpc) is 2.49. The molecule has 1 atom stereocenters. The van der Waals surface area contributed by atoms with Crippen LogP contribution >= 0.6 is 0 Å². The Hall–Kier alpha value is -1.34. The van der Waals surface area contributed by atoms with Gasteiger partial charge in [0, 0.05) is 11.3 Å². The number of rotatable bonds is 4. The number of aromatic amines is 1. The summed E-state index contributed by atoms with van der Waals surface area (Å²) in [5.74, 6) is 0.536. The van der Waals surface area contributed by atoms with Crippen LogP contribution in [0.4, 0.5) is 0 Å². The summed E-state index contributed by atoms with van der Waals surface area (Å²) in [6.07, 6.45) is 0. The molecule has 0 spiro atoms. The van der Waals surface area contributed by atoms with E-state index >= 15 is 0 Å². The Morgan fingerprint density at radius 1 is 1.47 bits per heavy atom. The molecular weight excluding hydrogens is 188 g/mol. The molecule has 0 bridgehead atoms.